The third kappa shape index (κ3) is 5.36. The molecule has 1 amide bonds. The van der Waals surface area contributed by atoms with Gasteiger partial charge in [-0.05, 0) is 12.1 Å². The molecule has 0 aliphatic carbocycles. The number of fused-ring (bicyclic) bond motifs is 1. The molecule has 4 aromatic rings. The van der Waals surface area contributed by atoms with Gasteiger partial charge in [-0.1, -0.05) is 11.6 Å². The number of anilines is 1. The Kier molecular flexibility index (Phi) is 6.66. The van der Waals surface area contributed by atoms with E-state index < -0.39 is 41.6 Å². The summed E-state index contributed by atoms with van der Waals surface area (Å²) in [5.74, 6) is -2.36. The minimum absolute atomic E-state index is 0.149. The van der Waals surface area contributed by atoms with Gasteiger partial charge in [-0.3, -0.25) is 4.79 Å². The van der Waals surface area contributed by atoms with Crippen molar-refractivity contribution in [3.63, 3.8) is 0 Å². The molecule has 1 aromatic carbocycles. The average molecular weight is 550 g/mol. The van der Waals surface area contributed by atoms with Crippen LogP contribution in [0, 0.1) is 5.82 Å². The summed E-state index contributed by atoms with van der Waals surface area (Å²) in [4.78, 5) is 44.6. The molecule has 4 rings (SSSR count). The van der Waals surface area contributed by atoms with E-state index in [9.17, 15) is 31.9 Å². The quantitative estimate of drug-likeness (QED) is 0.369. The summed E-state index contributed by atoms with van der Waals surface area (Å²) in [6.07, 6.45) is -4.88. The highest BCUT2D eigenvalue weighted by molar-refractivity contribution is 7.15. The smallest absolute Gasteiger partial charge is 0.422 e. The first kappa shape index (κ1) is 24.8. The second-order valence-electron chi connectivity index (χ2n) is 7.02. The predicted octanol–water partition coefficient (Wildman–Crippen LogP) is 3.49. The van der Waals surface area contributed by atoms with Crippen LogP contribution in [-0.4, -0.2) is 37.6 Å². The van der Waals surface area contributed by atoms with Crippen LogP contribution in [0.15, 0.2) is 32.5 Å². The van der Waals surface area contributed by atoms with Crippen molar-refractivity contribution < 1.29 is 27.1 Å². The van der Waals surface area contributed by atoms with Crippen molar-refractivity contribution in [1.29, 1.82) is 0 Å². The van der Waals surface area contributed by atoms with E-state index in [4.69, 9.17) is 11.6 Å². The van der Waals surface area contributed by atoms with Gasteiger partial charge < -0.3 is 10.1 Å². The Morgan fingerprint density at radius 2 is 1.94 bits per heavy atom. The Balaban J connectivity index is 1.49. The van der Waals surface area contributed by atoms with Crippen molar-refractivity contribution in [2.24, 2.45) is 7.05 Å². The number of carbonyl (C=O) groups excluding carboxylic acids is 1. The number of thiazole rings is 2. The van der Waals surface area contributed by atoms with Gasteiger partial charge in [0, 0.05) is 29.1 Å². The van der Waals surface area contributed by atoms with Crippen molar-refractivity contribution >= 4 is 50.3 Å². The molecule has 0 saturated heterocycles. The second-order valence-corrected chi connectivity index (χ2v) is 9.12. The maximum Gasteiger partial charge on any atom is 0.422 e. The van der Waals surface area contributed by atoms with Crippen molar-refractivity contribution in [2.75, 3.05) is 11.9 Å². The number of hydrogen-bond donors (Lipinski definition) is 1. The molecule has 0 radical (unpaired) electrons. The van der Waals surface area contributed by atoms with Crippen molar-refractivity contribution in [3.05, 3.63) is 60.4 Å². The van der Waals surface area contributed by atoms with Crippen molar-refractivity contribution in [1.82, 2.24) is 18.9 Å². The normalized spacial score (nSPS) is 11.7. The van der Waals surface area contributed by atoms with Gasteiger partial charge in [0.15, 0.2) is 23.3 Å². The van der Waals surface area contributed by atoms with E-state index in [1.807, 2.05) is 0 Å². The molecule has 0 unspecified atom stereocenters. The molecule has 184 valence electrons. The molecular formula is C19H12ClF4N5O4S2. The molecule has 0 fully saturated rings. The van der Waals surface area contributed by atoms with E-state index in [1.165, 1.54) is 23.9 Å². The molecular weight excluding hydrogens is 538 g/mol. The number of hydrogen-bond acceptors (Lipinski definition) is 8. The number of nitrogens with one attached hydrogen (secondary N) is 1. The van der Waals surface area contributed by atoms with Crippen LogP contribution in [-0.2, 0) is 18.3 Å². The van der Waals surface area contributed by atoms with Crippen molar-refractivity contribution in [3.8, 4) is 17.0 Å². The van der Waals surface area contributed by atoms with E-state index in [1.54, 1.807) is 0 Å². The molecule has 16 heteroatoms. The summed E-state index contributed by atoms with van der Waals surface area (Å²) in [5, 5.41) is 5.34. The first-order valence-electron chi connectivity index (χ1n) is 9.43. The zero-order valence-electron chi connectivity index (χ0n) is 17.4. The molecule has 0 aliphatic rings. The van der Waals surface area contributed by atoms with Crippen LogP contribution in [0.25, 0.3) is 16.2 Å². The Morgan fingerprint density at radius 3 is 2.63 bits per heavy atom. The summed E-state index contributed by atoms with van der Waals surface area (Å²) in [6.45, 7) is -1.70. The number of rotatable bonds is 6. The summed E-state index contributed by atoms with van der Waals surface area (Å²) in [6, 6.07) is 2.11. The zero-order valence-corrected chi connectivity index (χ0v) is 19.7. The molecule has 0 bridgehead atoms. The highest BCUT2D eigenvalue weighted by atomic mass is 35.5. The van der Waals surface area contributed by atoms with Gasteiger partial charge in [0.25, 0.3) is 0 Å². The zero-order chi connectivity index (χ0) is 25.5. The summed E-state index contributed by atoms with van der Waals surface area (Å²) in [5.41, 5.74) is -0.659. The number of aromatic nitrogens is 4. The van der Waals surface area contributed by atoms with Crippen LogP contribution < -0.4 is 21.4 Å². The van der Waals surface area contributed by atoms with E-state index in [-0.39, 0.29) is 32.8 Å². The highest BCUT2D eigenvalue weighted by Gasteiger charge is 2.29. The van der Waals surface area contributed by atoms with Gasteiger partial charge in [-0.2, -0.15) is 18.2 Å². The number of nitrogens with zero attached hydrogens (tertiary/aromatic N) is 4. The molecule has 0 atom stereocenters. The summed E-state index contributed by atoms with van der Waals surface area (Å²) < 4.78 is 57.7. The monoisotopic (exact) mass is 549 g/mol. The minimum atomic E-state index is -4.66. The lowest BCUT2D eigenvalue weighted by Crippen LogP contribution is -2.37. The SMILES string of the molecule is Cn1c(=O)nc2scc(CC(=O)Nc3nc(-c4cc(F)c(OCC(F)(F)F)c(Cl)c4)cs3)n2c1=O. The molecule has 1 N–H and O–H groups in total. The van der Waals surface area contributed by atoms with Gasteiger partial charge in [0.05, 0.1) is 17.1 Å². The lowest BCUT2D eigenvalue weighted by atomic mass is 10.1. The number of carbonyl (C=O) groups is 1. The van der Waals surface area contributed by atoms with Crippen LogP contribution in [0.4, 0.5) is 22.7 Å². The van der Waals surface area contributed by atoms with Crippen LogP contribution >= 0.6 is 34.3 Å². The fourth-order valence-electron chi connectivity index (χ4n) is 2.93. The minimum Gasteiger partial charge on any atom is -0.479 e. The standard InChI is InChI=1S/C19H12ClF4N5O4S2/c1-28-16(31)27-17-29(18(28)32)9(5-35-17)4-13(30)26-15-25-12(6-34-15)8-2-10(20)14(11(21)3-8)33-7-19(22,23)24/h2-3,5-6H,4,7H2,1H3,(H,25,26,30). The molecule has 35 heavy (non-hydrogen) atoms. The fraction of sp³-hybridized carbons (Fsp3) is 0.211. The van der Waals surface area contributed by atoms with Gasteiger partial charge >= 0.3 is 17.6 Å². The number of benzene rings is 1. The van der Waals surface area contributed by atoms with Gasteiger partial charge in [-0.15, -0.1) is 22.7 Å². The first-order chi connectivity index (χ1) is 16.4. The highest BCUT2D eigenvalue weighted by Crippen LogP contribution is 2.35. The lowest BCUT2D eigenvalue weighted by molar-refractivity contribution is -0.153. The van der Waals surface area contributed by atoms with Gasteiger partial charge in [0.1, 0.15) is 0 Å². The average Bonchev–Trinajstić information content (AvgIpc) is 3.37. The van der Waals surface area contributed by atoms with Gasteiger partial charge in [0.2, 0.25) is 10.9 Å². The van der Waals surface area contributed by atoms with Crippen molar-refractivity contribution in [2.45, 2.75) is 12.6 Å². The molecule has 9 nitrogen and oxygen atoms in total. The second kappa shape index (κ2) is 9.39. The van der Waals surface area contributed by atoms with E-state index in [2.05, 4.69) is 20.0 Å². The molecule has 0 spiro atoms. The van der Waals surface area contributed by atoms with Crippen LogP contribution in [0.3, 0.4) is 0 Å². The largest absolute Gasteiger partial charge is 0.479 e. The Bertz CT molecular complexity index is 1540. The van der Waals surface area contributed by atoms with E-state index >= 15 is 0 Å². The third-order valence-corrected chi connectivity index (χ3v) is 6.41. The Morgan fingerprint density at radius 1 is 1.20 bits per heavy atom. The van der Waals surface area contributed by atoms with Crippen LogP contribution in [0.5, 0.6) is 5.75 Å². The predicted molar refractivity (Wildman–Crippen MR) is 121 cm³/mol. The topological polar surface area (TPSA) is 108 Å². The molecule has 3 heterocycles. The van der Waals surface area contributed by atoms with E-state index in [0.29, 0.717) is 5.69 Å². The number of amides is 1. The van der Waals surface area contributed by atoms with E-state index in [0.717, 1.165) is 37.7 Å². The van der Waals surface area contributed by atoms with Crippen LogP contribution in [0.2, 0.25) is 5.02 Å². The summed E-state index contributed by atoms with van der Waals surface area (Å²) in [7, 11) is 1.27. The van der Waals surface area contributed by atoms with Gasteiger partial charge in [-0.25, -0.2) is 27.9 Å². The van der Waals surface area contributed by atoms with Crippen LogP contribution in [0.1, 0.15) is 5.69 Å². The number of ether oxygens (including phenoxy) is 1. The number of alkyl halides is 3. The number of halogens is 5. The maximum absolute atomic E-state index is 14.3. The molecule has 0 saturated carbocycles. The lowest BCUT2D eigenvalue weighted by Gasteiger charge is -2.12. The Hall–Kier alpha value is -3.30. The Labute approximate surface area is 205 Å². The summed E-state index contributed by atoms with van der Waals surface area (Å²) >= 11 is 7.93. The maximum atomic E-state index is 14.3. The first-order valence-corrected chi connectivity index (χ1v) is 11.6. The molecule has 3 aromatic heterocycles. The molecule has 0 aliphatic heterocycles. The fourth-order valence-corrected chi connectivity index (χ4v) is 4.79. The third-order valence-electron chi connectivity index (χ3n) is 4.50.